The van der Waals surface area contributed by atoms with Crippen molar-refractivity contribution in [2.75, 3.05) is 0 Å². The maximum absolute atomic E-state index is 10.5. The lowest BCUT2D eigenvalue weighted by Crippen LogP contribution is -2.19. The van der Waals surface area contributed by atoms with Crippen LogP contribution in [0.15, 0.2) is 6.33 Å². The highest BCUT2D eigenvalue weighted by Crippen LogP contribution is 1.98. The second kappa shape index (κ2) is 6.22. The van der Waals surface area contributed by atoms with E-state index in [9.17, 15) is 4.79 Å². The van der Waals surface area contributed by atoms with Gasteiger partial charge in [-0.15, -0.1) is 0 Å². The minimum absolute atomic E-state index is 0.0348. The standard InChI is InChI=1S/C7H11N3O.C2H6/c1-5-7(10-4-9-5)3-8-6(2)11;1-2/h4H,3H2,1-2H3,(H,8,11)(H,9,10);1-2H3. The van der Waals surface area contributed by atoms with Crippen molar-refractivity contribution in [3.8, 4) is 0 Å². The van der Waals surface area contributed by atoms with Crippen LogP contribution in [0.2, 0.25) is 0 Å². The van der Waals surface area contributed by atoms with Crippen molar-refractivity contribution in [2.24, 2.45) is 0 Å². The molecule has 0 radical (unpaired) electrons. The molecule has 0 spiro atoms. The van der Waals surface area contributed by atoms with Crippen LogP contribution in [0, 0.1) is 6.92 Å². The Kier molecular flexibility index (Phi) is 5.59. The SMILES string of the molecule is CC.CC(=O)NCc1nc[nH]c1C. The van der Waals surface area contributed by atoms with Crippen LogP contribution in [0.1, 0.15) is 32.2 Å². The molecule has 1 heterocycles. The molecular formula is C9H17N3O. The predicted molar refractivity (Wildman–Crippen MR) is 52.2 cm³/mol. The Morgan fingerprint density at radius 2 is 2.23 bits per heavy atom. The van der Waals surface area contributed by atoms with Crippen molar-refractivity contribution in [2.45, 2.75) is 34.2 Å². The normalized spacial score (nSPS) is 8.62. The van der Waals surface area contributed by atoms with Crippen LogP contribution in [0.3, 0.4) is 0 Å². The number of amides is 1. The molecule has 0 atom stereocenters. The molecule has 0 saturated heterocycles. The van der Waals surface area contributed by atoms with Crippen LogP contribution >= 0.6 is 0 Å². The number of imidazole rings is 1. The summed E-state index contributed by atoms with van der Waals surface area (Å²) >= 11 is 0. The monoisotopic (exact) mass is 183 g/mol. The third-order valence-electron chi connectivity index (χ3n) is 1.44. The van der Waals surface area contributed by atoms with Gasteiger partial charge in [0.1, 0.15) is 0 Å². The van der Waals surface area contributed by atoms with Crippen molar-refractivity contribution in [1.82, 2.24) is 15.3 Å². The first-order valence-electron chi connectivity index (χ1n) is 4.43. The van der Waals surface area contributed by atoms with Crippen LogP contribution in [0.4, 0.5) is 0 Å². The zero-order valence-corrected chi connectivity index (χ0v) is 8.64. The molecule has 0 aliphatic heterocycles. The first-order valence-corrected chi connectivity index (χ1v) is 4.43. The average Bonchev–Trinajstić information content (AvgIpc) is 2.51. The number of carbonyl (C=O) groups is 1. The highest BCUT2D eigenvalue weighted by atomic mass is 16.1. The Balaban J connectivity index is 0.000000671. The summed E-state index contributed by atoms with van der Waals surface area (Å²) in [7, 11) is 0. The molecule has 0 bridgehead atoms. The second-order valence-electron chi connectivity index (χ2n) is 2.38. The first kappa shape index (κ1) is 11.7. The van der Waals surface area contributed by atoms with Gasteiger partial charge in [-0.05, 0) is 6.92 Å². The molecule has 4 nitrogen and oxygen atoms in total. The van der Waals surface area contributed by atoms with E-state index in [4.69, 9.17) is 0 Å². The molecule has 4 heteroatoms. The van der Waals surface area contributed by atoms with Gasteiger partial charge in [-0.1, -0.05) is 13.8 Å². The van der Waals surface area contributed by atoms with Gasteiger partial charge in [0.05, 0.1) is 18.6 Å². The van der Waals surface area contributed by atoms with E-state index in [0.717, 1.165) is 11.4 Å². The van der Waals surface area contributed by atoms with Gasteiger partial charge >= 0.3 is 0 Å². The number of aromatic amines is 1. The summed E-state index contributed by atoms with van der Waals surface area (Å²) in [5.74, 6) is -0.0348. The lowest BCUT2D eigenvalue weighted by molar-refractivity contribution is -0.119. The largest absolute Gasteiger partial charge is 0.351 e. The topological polar surface area (TPSA) is 57.8 Å². The summed E-state index contributed by atoms with van der Waals surface area (Å²) in [6.45, 7) is 7.91. The zero-order valence-electron chi connectivity index (χ0n) is 8.64. The van der Waals surface area contributed by atoms with E-state index < -0.39 is 0 Å². The Morgan fingerprint density at radius 1 is 1.62 bits per heavy atom. The fraction of sp³-hybridized carbons (Fsp3) is 0.556. The van der Waals surface area contributed by atoms with Gasteiger partial charge in [0.2, 0.25) is 5.91 Å². The highest BCUT2D eigenvalue weighted by Gasteiger charge is 1.99. The number of H-pyrrole nitrogens is 1. The summed E-state index contributed by atoms with van der Waals surface area (Å²) in [6, 6.07) is 0. The van der Waals surface area contributed by atoms with Gasteiger partial charge in [-0.25, -0.2) is 4.98 Å². The molecule has 0 aliphatic carbocycles. The molecule has 1 aromatic rings. The van der Waals surface area contributed by atoms with E-state index in [0.29, 0.717) is 6.54 Å². The highest BCUT2D eigenvalue weighted by molar-refractivity contribution is 5.72. The van der Waals surface area contributed by atoms with E-state index in [1.807, 2.05) is 20.8 Å². The maximum Gasteiger partial charge on any atom is 0.217 e. The van der Waals surface area contributed by atoms with Crippen LogP contribution in [0.5, 0.6) is 0 Å². The smallest absolute Gasteiger partial charge is 0.217 e. The Morgan fingerprint density at radius 3 is 2.62 bits per heavy atom. The van der Waals surface area contributed by atoms with Crippen molar-refractivity contribution < 1.29 is 4.79 Å². The van der Waals surface area contributed by atoms with Crippen molar-refractivity contribution in [3.05, 3.63) is 17.7 Å². The Hall–Kier alpha value is -1.32. The summed E-state index contributed by atoms with van der Waals surface area (Å²) in [4.78, 5) is 17.4. The van der Waals surface area contributed by atoms with Gasteiger partial charge in [-0.3, -0.25) is 4.79 Å². The molecule has 13 heavy (non-hydrogen) atoms. The van der Waals surface area contributed by atoms with E-state index in [1.54, 1.807) is 6.33 Å². The predicted octanol–water partition coefficient (Wildman–Crippen LogP) is 1.38. The number of aryl methyl sites for hydroxylation is 1. The third kappa shape index (κ3) is 4.30. The molecule has 1 rings (SSSR count). The quantitative estimate of drug-likeness (QED) is 0.727. The molecule has 0 aliphatic rings. The summed E-state index contributed by atoms with van der Waals surface area (Å²) in [6.07, 6.45) is 1.62. The lowest BCUT2D eigenvalue weighted by atomic mass is 10.3. The van der Waals surface area contributed by atoms with E-state index in [-0.39, 0.29) is 5.91 Å². The Bertz CT molecular complexity index is 255. The Labute approximate surface area is 78.8 Å². The fourth-order valence-electron chi connectivity index (χ4n) is 0.774. The van der Waals surface area contributed by atoms with Crippen molar-refractivity contribution >= 4 is 5.91 Å². The number of rotatable bonds is 2. The van der Waals surface area contributed by atoms with Crippen LogP contribution in [0.25, 0.3) is 0 Å². The first-order chi connectivity index (χ1) is 6.20. The molecule has 0 fully saturated rings. The van der Waals surface area contributed by atoms with Crippen LogP contribution in [-0.2, 0) is 11.3 Å². The molecule has 0 saturated carbocycles. The summed E-state index contributed by atoms with van der Waals surface area (Å²) in [5.41, 5.74) is 1.89. The van der Waals surface area contributed by atoms with Gasteiger partial charge in [0, 0.05) is 12.6 Å². The van der Waals surface area contributed by atoms with Crippen molar-refractivity contribution in [1.29, 1.82) is 0 Å². The van der Waals surface area contributed by atoms with Gasteiger partial charge < -0.3 is 10.3 Å². The minimum Gasteiger partial charge on any atom is -0.351 e. The lowest BCUT2D eigenvalue weighted by Gasteiger charge is -1.98. The van der Waals surface area contributed by atoms with E-state index >= 15 is 0 Å². The summed E-state index contributed by atoms with van der Waals surface area (Å²) < 4.78 is 0. The number of nitrogens with one attached hydrogen (secondary N) is 2. The molecule has 1 amide bonds. The number of hydrogen-bond acceptors (Lipinski definition) is 2. The minimum atomic E-state index is -0.0348. The van der Waals surface area contributed by atoms with Crippen LogP contribution in [-0.4, -0.2) is 15.9 Å². The van der Waals surface area contributed by atoms with E-state index in [1.165, 1.54) is 6.92 Å². The zero-order chi connectivity index (χ0) is 10.3. The average molecular weight is 183 g/mol. The third-order valence-corrected chi connectivity index (χ3v) is 1.44. The van der Waals surface area contributed by atoms with Gasteiger partial charge in [0.25, 0.3) is 0 Å². The number of nitrogens with zero attached hydrogens (tertiary/aromatic N) is 1. The molecular weight excluding hydrogens is 166 g/mol. The number of aromatic nitrogens is 2. The molecule has 0 unspecified atom stereocenters. The van der Waals surface area contributed by atoms with Gasteiger partial charge in [-0.2, -0.15) is 0 Å². The maximum atomic E-state index is 10.5. The summed E-state index contributed by atoms with van der Waals surface area (Å²) in [5, 5.41) is 2.67. The van der Waals surface area contributed by atoms with E-state index in [2.05, 4.69) is 15.3 Å². The molecule has 1 aromatic heterocycles. The molecule has 2 N–H and O–H groups in total. The van der Waals surface area contributed by atoms with Gasteiger partial charge in [0.15, 0.2) is 0 Å². The number of hydrogen-bond donors (Lipinski definition) is 2. The number of carbonyl (C=O) groups excluding carboxylic acids is 1. The van der Waals surface area contributed by atoms with Crippen LogP contribution < -0.4 is 5.32 Å². The molecule has 0 aromatic carbocycles. The van der Waals surface area contributed by atoms with Crippen molar-refractivity contribution in [3.63, 3.8) is 0 Å². The fourth-order valence-corrected chi connectivity index (χ4v) is 0.774. The molecule has 74 valence electrons. The second-order valence-corrected chi connectivity index (χ2v) is 2.38.